The van der Waals surface area contributed by atoms with Gasteiger partial charge < -0.3 is 61.4 Å². The number of hydrogen-bond donors (Lipinski definition) is 0. The highest BCUT2D eigenvalue weighted by Crippen LogP contribution is 2.36. The third kappa shape index (κ3) is 24.1. The van der Waals surface area contributed by atoms with Crippen molar-refractivity contribution in [3.8, 4) is 0 Å². The van der Waals surface area contributed by atoms with E-state index in [9.17, 15) is 0 Å². The summed E-state index contributed by atoms with van der Waals surface area (Å²) in [6, 6.07) is 21.3. The van der Waals surface area contributed by atoms with Crippen molar-refractivity contribution in [3.63, 3.8) is 0 Å². The zero-order chi connectivity index (χ0) is 40.3. The maximum Gasteiger partial charge on any atom is 0.261 e. The lowest BCUT2D eigenvalue weighted by Crippen LogP contribution is -2.66. The van der Waals surface area contributed by atoms with Crippen LogP contribution in [0, 0.1) is 0 Å². The molecule has 0 fully saturated rings. The van der Waals surface area contributed by atoms with Gasteiger partial charge in [0.2, 0.25) is 0 Å². The molecule has 2 rings (SSSR count). The summed E-state index contributed by atoms with van der Waals surface area (Å²) < 4.78 is 68.0. The van der Waals surface area contributed by atoms with E-state index in [-0.39, 0.29) is 5.04 Å². The predicted octanol–water partition coefficient (Wildman–Crippen LogP) is 3.31. The fourth-order valence-corrected chi connectivity index (χ4v) is 10.1. The zero-order valence-corrected chi connectivity index (χ0v) is 36.1. The molecular weight excluding hydrogens is 739 g/mol. The molecule has 13 nitrogen and oxygen atoms in total. The second-order valence-corrected chi connectivity index (χ2v) is 18.4. The quantitative estimate of drug-likeness (QED) is 0.0728. The van der Waals surface area contributed by atoms with E-state index in [0.717, 1.165) is 6.54 Å². The van der Waals surface area contributed by atoms with Crippen LogP contribution < -0.4 is 10.4 Å². The minimum absolute atomic E-state index is 0.0568. The predicted molar refractivity (Wildman–Crippen MR) is 221 cm³/mol. The minimum atomic E-state index is -2.54. The molecule has 0 aliphatic carbocycles. The van der Waals surface area contributed by atoms with Gasteiger partial charge in [-0.15, -0.1) is 0 Å². The molecule has 0 aliphatic rings. The first-order valence-corrected chi connectivity index (χ1v) is 22.0. The Morgan fingerprint density at radius 1 is 0.357 bits per heavy atom. The Kier molecular flexibility index (Phi) is 30.6. The molecule has 0 saturated carbocycles. The van der Waals surface area contributed by atoms with Crippen LogP contribution in [0.3, 0.4) is 0 Å². The molecule has 0 aromatic heterocycles. The van der Waals surface area contributed by atoms with Gasteiger partial charge in [-0.05, 0) is 29.5 Å². The van der Waals surface area contributed by atoms with Crippen LogP contribution in [-0.2, 0) is 56.5 Å². The highest BCUT2D eigenvalue weighted by Gasteiger charge is 2.50. The average molecular weight is 812 g/mol. The summed E-state index contributed by atoms with van der Waals surface area (Å²) >= 11 is 0. The lowest BCUT2D eigenvalue weighted by molar-refractivity contribution is -0.0278. The van der Waals surface area contributed by atoms with Crippen molar-refractivity contribution in [2.75, 3.05) is 173 Å². The average Bonchev–Trinajstić information content (AvgIpc) is 3.19. The van der Waals surface area contributed by atoms with Gasteiger partial charge in [-0.2, -0.15) is 0 Å². The first-order chi connectivity index (χ1) is 27.4. The van der Waals surface area contributed by atoms with Crippen LogP contribution in [0.4, 0.5) is 0 Å². The molecule has 0 aliphatic heterocycles. The molecule has 0 bridgehead atoms. The number of hydrogen-bond acceptors (Lipinski definition) is 13. The summed E-state index contributed by atoms with van der Waals surface area (Å²) in [4.78, 5) is 2.08. The van der Waals surface area contributed by atoms with Crippen molar-refractivity contribution in [2.24, 2.45) is 0 Å². The Hall–Kier alpha value is -1.86. The third-order valence-electron chi connectivity index (χ3n) is 8.37. The minimum Gasteiger partial charge on any atom is -0.405 e. The van der Waals surface area contributed by atoms with Gasteiger partial charge in [-0.1, -0.05) is 81.4 Å². The summed E-state index contributed by atoms with van der Waals surface area (Å²) in [5, 5.41) is 2.48. The number of likely N-dealkylation sites (N-methyl/N-ethyl adjacent to an activating group) is 1. The molecule has 0 saturated heterocycles. The fourth-order valence-electron chi connectivity index (χ4n) is 5.56. The van der Waals surface area contributed by atoms with Crippen molar-refractivity contribution < 1.29 is 56.5 Å². The summed E-state index contributed by atoms with van der Waals surface area (Å²) in [5.41, 5.74) is 0. The molecule has 14 heteroatoms. The van der Waals surface area contributed by atoms with Crippen LogP contribution in [0.1, 0.15) is 20.8 Å². The fraction of sp³-hybridized carbons (Fsp3) is 0.714. The van der Waals surface area contributed by atoms with E-state index in [1.807, 2.05) is 14.1 Å². The molecule has 0 atom stereocenters. The first kappa shape index (κ1) is 50.3. The summed E-state index contributed by atoms with van der Waals surface area (Å²) in [6.07, 6.45) is 0. The van der Waals surface area contributed by atoms with Gasteiger partial charge in [-0.25, -0.2) is 0 Å². The van der Waals surface area contributed by atoms with E-state index in [1.165, 1.54) is 10.4 Å². The Labute approximate surface area is 338 Å². The topological polar surface area (TPSA) is 114 Å². The monoisotopic (exact) mass is 811 g/mol. The van der Waals surface area contributed by atoms with Crippen LogP contribution in [-0.4, -0.2) is 186 Å². The molecule has 0 unspecified atom stereocenters. The summed E-state index contributed by atoms with van der Waals surface area (Å²) in [7, 11) is 1.50. The first-order valence-electron chi connectivity index (χ1n) is 20.1. The number of rotatable bonds is 39. The SMILES string of the molecule is CN(C)CCOCCOCCOCCOCCOCCOCCOCCOCCOCCOCCOCCO[Si](c1ccccc1)(c1ccccc1)C(C)(C)C. The van der Waals surface area contributed by atoms with Gasteiger partial charge in [0.25, 0.3) is 8.32 Å². The molecule has 2 aromatic rings. The van der Waals surface area contributed by atoms with E-state index < -0.39 is 8.32 Å². The van der Waals surface area contributed by atoms with Crippen molar-refractivity contribution >= 4 is 18.7 Å². The Morgan fingerprint density at radius 3 is 0.821 bits per heavy atom. The van der Waals surface area contributed by atoms with Crippen molar-refractivity contribution in [3.05, 3.63) is 60.7 Å². The normalized spacial score (nSPS) is 12.2. The highest BCUT2D eigenvalue weighted by atomic mass is 28.4. The molecule has 56 heavy (non-hydrogen) atoms. The van der Waals surface area contributed by atoms with Gasteiger partial charge in [-0.3, -0.25) is 0 Å². The van der Waals surface area contributed by atoms with Gasteiger partial charge in [0.15, 0.2) is 0 Å². The molecule has 322 valence electrons. The molecule has 2 aromatic carbocycles. The maximum absolute atomic E-state index is 6.85. The number of nitrogens with zero attached hydrogens (tertiary/aromatic N) is 1. The molecular formula is C42H73NO12Si. The Morgan fingerprint density at radius 2 is 0.589 bits per heavy atom. The lowest BCUT2D eigenvalue weighted by atomic mass is 10.2. The van der Waals surface area contributed by atoms with Crippen LogP contribution in [0.5, 0.6) is 0 Å². The Balaban J connectivity index is 1.28. The molecule has 0 radical (unpaired) electrons. The van der Waals surface area contributed by atoms with Crippen LogP contribution in [0.2, 0.25) is 5.04 Å². The zero-order valence-electron chi connectivity index (χ0n) is 35.1. The van der Waals surface area contributed by atoms with Gasteiger partial charge in [0.05, 0.1) is 152 Å². The molecule has 0 spiro atoms. The maximum atomic E-state index is 6.85. The van der Waals surface area contributed by atoms with Crippen molar-refractivity contribution in [1.82, 2.24) is 4.90 Å². The summed E-state index contributed by atoms with van der Waals surface area (Å²) in [5.74, 6) is 0. The summed E-state index contributed by atoms with van der Waals surface area (Å²) in [6.45, 7) is 19.9. The Bertz CT molecular complexity index is 1090. The van der Waals surface area contributed by atoms with E-state index >= 15 is 0 Å². The van der Waals surface area contributed by atoms with E-state index in [0.29, 0.717) is 152 Å². The molecule has 0 heterocycles. The largest absolute Gasteiger partial charge is 0.405 e. The van der Waals surface area contributed by atoms with Crippen molar-refractivity contribution in [1.29, 1.82) is 0 Å². The molecule has 0 N–H and O–H groups in total. The van der Waals surface area contributed by atoms with E-state index in [2.05, 4.69) is 86.3 Å². The van der Waals surface area contributed by atoms with E-state index in [4.69, 9.17) is 56.5 Å². The molecule has 0 amide bonds. The van der Waals surface area contributed by atoms with E-state index in [1.54, 1.807) is 0 Å². The third-order valence-corrected chi connectivity index (χ3v) is 13.4. The highest BCUT2D eigenvalue weighted by molar-refractivity contribution is 6.99. The van der Waals surface area contributed by atoms with Crippen LogP contribution in [0.25, 0.3) is 0 Å². The van der Waals surface area contributed by atoms with Gasteiger partial charge in [0.1, 0.15) is 0 Å². The second-order valence-electron chi connectivity index (χ2n) is 14.1. The van der Waals surface area contributed by atoms with Crippen molar-refractivity contribution in [2.45, 2.75) is 25.8 Å². The standard InChI is InChI=1S/C42H73NO12Si/c1-42(2,3)56(40-12-8-6-9-13-40,41-14-10-7-11-15-41)55-39-38-54-37-36-53-35-34-52-33-32-51-31-30-50-29-28-49-27-26-48-25-24-47-23-22-46-21-20-45-19-18-44-17-16-43(4)5/h6-15H,16-39H2,1-5H3. The second kappa shape index (κ2) is 34.0. The van der Waals surface area contributed by atoms with Crippen LogP contribution >= 0.6 is 0 Å². The smallest absolute Gasteiger partial charge is 0.261 e. The number of benzene rings is 2. The lowest BCUT2D eigenvalue weighted by Gasteiger charge is -2.43. The van der Waals surface area contributed by atoms with Gasteiger partial charge in [0, 0.05) is 6.54 Å². The van der Waals surface area contributed by atoms with Gasteiger partial charge >= 0.3 is 0 Å². The van der Waals surface area contributed by atoms with Crippen LogP contribution in [0.15, 0.2) is 60.7 Å². The number of ether oxygens (including phenoxy) is 11.